The second-order valence-electron chi connectivity index (χ2n) is 4.33. The van der Waals surface area contributed by atoms with Crippen LogP contribution in [0, 0.1) is 5.92 Å². The molecule has 18 heavy (non-hydrogen) atoms. The molecule has 0 saturated carbocycles. The molecule has 0 aliphatic rings. The van der Waals surface area contributed by atoms with Crippen molar-refractivity contribution in [2.75, 3.05) is 0 Å². The molecule has 1 amide bonds. The molecule has 1 aromatic carbocycles. The SMILES string of the molecule is CC[C@@H](Oc1ccccc1)C(=O)N/N=C\C(C)C. The highest BCUT2D eigenvalue weighted by atomic mass is 16.5. The Morgan fingerprint density at radius 2 is 2.06 bits per heavy atom. The highest BCUT2D eigenvalue weighted by Crippen LogP contribution is 2.12. The van der Waals surface area contributed by atoms with Gasteiger partial charge in [-0.2, -0.15) is 5.10 Å². The molecule has 0 saturated heterocycles. The van der Waals surface area contributed by atoms with Gasteiger partial charge in [0.15, 0.2) is 6.10 Å². The Kier molecular flexibility index (Phi) is 5.91. The van der Waals surface area contributed by atoms with Crippen molar-refractivity contribution < 1.29 is 9.53 Å². The number of nitrogens with zero attached hydrogens (tertiary/aromatic N) is 1. The van der Waals surface area contributed by atoms with Crippen molar-refractivity contribution >= 4 is 12.1 Å². The molecule has 0 heterocycles. The zero-order valence-corrected chi connectivity index (χ0v) is 11.1. The van der Waals surface area contributed by atoms with Gasteiger partial charge in [0.2, 0.25) is 0 Å². The van der Waals surface area contributed by atoms with E-state index in [-0.39, 0.29) is 5.91 Å². The minimum absolute atomic E-state index is 0.224. The quantitative estimate of drug-likeness (QED) is 0.621. The Balaban J connectivity index is 2.53. The standard InChI is InChI=1S/C14H20N2O2/c1-4-13(14(17)16-15-10-11(2)3)18-12-8-6-5-7-9-12/h5-11,13H,4H2,1-3H3,(H,16,17)/b15-10-/t13-/m1/s1. The van der Waals surface area contributed by atoms with Gasteiger partial charge in [-0.25, -0.2) is 5.43 Å². The largest absolute Gasteiger partial charge is 0.481 e. The Morgan fingerprint density at radius 3 is 2.61 bits per heavy atom. The third-order valence-electron chi connectivity index (χ3n) is 2.23. The van der Waals surface area contributed by atoms with Crippen molar-refractivity contribution in [1.82, 2.24) is 5.43 Å². The van der Waals surface area contributed by atoms with Gasteiger partial charge in [0.25, 0.3) is 5.91 Å². The number of benzene rings is 1. The van der Waals surface area contributed by atoms with E-state index in [0.717, 1.165) is 0 Å². The maximum atomic E-state index is 11.8. The Morgan fingerprint density at radius 1 is 1.39 bits per heavy atom. The number of nitrogens with one attached hydrogen (secondary N) is 1. The molecule has 1 atom stereocenters. The van der Waals surface area contributed by atoms with E-state index in [1.54, 1.807) is 6.21 Å². The molecular formula is C14H20N2O2. The summed E-state index contributed by atoms with van der Waals surface area (Å²) in [5, 5.41) is 3.88. The van der Waals surface area contributed by atoms with Crippen molar-refractivity contribution in [3.8, 4) is 5.75 Å². The number of hydrogen-bond acceptors (Lipinski definition) is 3. The number of hydrogen-bond donors (Lipinski definition) is 1. The minimum Gasteiger partial charge on any atom is -0.481 e. The summed E-state index contributed by atoms with van der Waals surface area (Å²) in [6.07, 6.45) is 1.77. The molecule has 0 fully saturated rings. The molecule has 0 bridgehead atoms. The van der Waals surface area contributed by atoms with Crippen molar-refractivity contribution in [1.29, 1.82) is 0 Å². The van der Waals surface area contributed by atoms with Crippen LogP contribution in [0.25, 0.3) is 0 Å². The van der Waals surface area contributed by atoms with E-state index in [4.69, 9.17) is 4.74 Å². The highest BCUT2D eigenvalue weighted by Gasteiger charge is 2.17. The average Bonchev–Trinajstić information content (AvgIpc) is 2.36. The number of amides is 1. The van der Waals surface area contributed by atoms with Gasteiger partial charge in [-0.15, -0.1) is 0 Å². The summed E-state index contributed by atoms with van der Waals surface area (Å²) in [6.45, 7) is 5.89. The maximum Gasteiger partial charge on any atom is 0.281 e. The number of carbonyl (C=O) groups excluding carboxylic acids is 1. The molecular weight excluding hydrogens is 228 g/mol. The van der Waals surface area contributed by atoms with Gasteiger partial charge in [0.05, 0.1) is 0 Å². The summed E-state index contributed by atoms with van der Waals surface area (Å²) < 4.78 is 5.60. The minimum atomic E-state index is -0.517. The topological polar surface area (TPSA) is 50.7 Å². The lowest BCUT2D eigenvalue weighted by molar-refractivity contribution is -0.128. The van der Waals surface area contributed by atoms with Crippen LogP contribution in [0.5, 0.6) is 5.75 Å². The number of carbonyl (C=O) groups is 1. The third-order valence-corrected chi connectivity index (χ3v) is 2.23. The second-order valence-corrected chi connectivity index (χ2v) is 4.33. The molecule has 1 aromatic rings. The fourth-order valence-corrected chi connectivity index (χ4v) is 1.31. The molecule has 1 rings (SSSR count). The Labute approximate surface area is 108 Å². The zero-order chi connectivity index (χ0) is 13.4. The smallest absolute Gasteiger partial charge is 0.281 e. The van der Waals surface area contributed by atoms with E-state index in [1.165, 1.54) is 0 Å². The number of para-hydroxylation sites is 1. The Hall–Kier alpha value is -1.84. The number of ether oxygens (including phenoxy) is 1. The molecule has 0 radical (unpaired) electrons. The maximum absolute atomic E-state index is 11.8. The predicted octanol–water partition coefficient (Wildman–Crippen LogP) is 2.60. The van der Waals surface area contributed by atoms with E-state index < -0.39 is 6.10 Å². The molecule has 0 spiro atoms. The van der Waals surface area contributed by atoms with Crippen LogP contribution in [0.15, 0.2) is 35.4 Å². The van der Waals surface area contributed by atoms with E-state index in [1.807, 2.05) is 51.1 Å². The normalized spacial score (nSPS) is 12.7. The first-order chi connectivity index (χ1) is 8.63. The van der Waals surface area contributed by atoms with E-state index >= 15 is 0 Å². The first kappa shape index (κ1) is 14.2. The molecule has 0 unspecified atom stereocenters. The lowest BCUT2D eigenvalue weighted by atomic mass is 10.2. The molecule has 0 aliphatic heterocycles. The summed E-state index contributed by atoms with van der Waals surface area (Å²) in [6, 6.07) is 9.30. The molecule has 4 nitrogen and oxygen atoms in total. The summed E-state index contributed by atoms with van der Waals surface area (Å²) >= 11 is 0. The molecule has 98 valence electrons. The highest BCUT2D eigenvalue weighted by molar-refractivity contribution is 5.81. The molecule has 0 aliphatic carbocycles. The number of hydrazone groups is 1. The van der Waals surface area contributed by atoms with Crippen molar-refractivity contribution in [3.63, 3.8) is 0 Å². The van der Waals surface area contributed by atoms with Gasteiger partial charge in [-0.3, -0.25) is 4.79 Å². The second kappa shape index (κ2) is 7.48. The first-order valence-corrected chi connectivity index (χ1v) is 6.18. The van der Waals surface area contributed by atoms with Crippen molar-refractivity contribution in [3.05, 3.63) is 30.3 Å². The van der Waals surface area contributed by atoms with E-state index in [9.17, 15) is 4.79 Å². The first-order valence-electron chi connectivity index (χ1n) is 6.18. The van der Waals surface area contributed by atoms with Gasteiger partial charge in [0, 0.05) is 6.21 Å². The van der Waals surface area contributed by atoms with Gasteiger partial charge >= 0.3 is 0 Å². The molecule has 4 heteroatoms. The summed E-state index contributed by atoms with van der Waals surface area (Å²) in [4.78, 5) is 11.8. The fraction of sp³-hybridized carbons (Fsp3) is 0.429. The third kappa shape index (κ3) is 4.99. The summed E-state index contributed by atoms with van der Waals surface area (Å²) in [7, 11) is 0. The van der Waals surface area contributed by atoms with Crippen LogP contribution in [0.3, 0.4) is 0 Å². The van der Waals surface area contributed by atoms with Crippen LogP contribution in [0.2, 0.25) is 0 Å². The van der Waals surface area contributed by atoms with Gasteiger partial charge in [-0.1, -0.05) is 39.0 Å². The van der Waals surface area contributed by atoms with Crippen LogP contribution in [0.4, 0.5) is 0 Å². The zero-order valence-electron chi connectivity index (χ0n) is 11.1. The van der Waals surface area contributed by atoms with Crippen molar-refractivity contribution in [2.24, 2.45) is 11.0 Å². The molecule has 1 N–H and O–H groups in total. The van der Waals surface area contributed by atoms with E-state index in [0.29, 0.717) is 18.1 Å². The monoisotopic (exact) mass is 248 g/mol. The van der Waals surface area contributed by atoms with Crippen LogP contribution in [-0.4, -0.2) is 18.2 Å². The van der Waals surface area contributed by atoms with Crippen LogP contribution < -0.4 is 10.2 Å². The summed E-state index contributed by atoms with van der Waals surface area (Å²) in [5.41, 5.74) is 2.49. The fourth-order valence-electron chi connectivity index (χ4n) is 1.31. The lowest BCUT2D eigenvalue weighted by Gasteiger charge is -2.15. The van der Waals surface area contributed by atoms with Gasteiger partial charge < -0.3 is 4.74 Å². The van der Waals surface area contributed by atoms with Crippen molar-refractivity contribution in [2.45, 2.75) is 33.3 Å². The summed E-state index contributed by atoms with van der Waals surface area (Å²) in [5.74, 6) is 0.769. The molecule has 0 aromatic heterocycles. The van der Waals surface area contributed by atoms with Crippen LogP contribution in [-0.2, 0) is 4.79 Å². The van der Waals surface area contributed by atoms with Crippen LogP contribution in [0.1, 0.15) is 27.2 Å². The van der Waals surface area contributed by atoms with Crippen LogP contribution >= 0.6 is 0 Å². The van der Waals surface area contributed by atoms with E-state index in [2.05, 4.69) is 10.5 Å². The number of rotatable bonds is 6. The Bertz CT molecular complexity index is 388. The lowest BCUT2D eigenvalue weighted by Crippen LogP contribution is -2.35. The van der Waals surface area contributed by atoms with Gasteiger partial charge in [-0.05, 0) is 24.5 Å². The average molecular weight is 248 g/mol. The van der Waals surface area contributed by atoms with Gasteiger partial charge in [0.1, 0.15) is 5.75 Å². The predicted molar refractivity (Wildman–Crippen MR) is 72.6 cm³/mol.